The van der Waals surface area contributed by atoms with Crippen molar-refractivity contribution in [3.05, 3.63) is 47.1 Å². The molecule has 1 heterocycles. The third-order valence-electron chi connectivity index (χ3n) is 5.88. The van der Waals surface area contributed by atoms with Gasteiger partial charge in [-0.2, -0.15) is 4.98 Å². The van der Waals surface area contributed by atoms with Gasteiger partial charge in [0.05, 0.1) is 0 Å². The number of carbonyl (C=O) groups excluding carboxylic acids is 3. The molecule has 2 aromatic rings. The highest BCUT2D eigenvalue weighted by molar-refractivity contribution is 5.92. The first-order valence-electron chi connectivity index (χ1n) is 11.0. The van der Waals surface area contributed by atoms with Gasteiger partial charge in [0.15, 0.2) is 5.82 Å². The van der Waals surface area contributed by atoms with Crippen molar-refractivity contribution in [1.29, 1.82) is 0 Å². The summed E-state index contributed by atoms with van der Waals surface area (Å²) in [6, 6.07) is 6.91. The van der Waals surface area contributed by atoms with E-state index in [1.54, 1.807) is 30.1 Å². The second-order valence-corrected chi connectivity index (χ2v) is 8.50. The molecule has 0 saturated heterocycles. The number of hydrogen-bond donors (Lipinski definition) is 2. The molecule has 0 bridgehead atoms. The lowest BCUT2D eigenvalue weighted by atomic mass is 9.89. The summed E-state index contributed by atoms with van der Waals surface area (Å²) in [7, 11) is 1.70. The maximum atomic E-state index is 12.6. The van der Waals surface area contributed by atoms with Gasteiger partial charge in [0.25, 0.3) is 0 Å². The van der Waals surface area contributed by atoms with Crippen molar-refractivity contribution in [3.8, 4) is 0 Å². The Kier molecular flexibility index (Phi) is 7.61. The van der Waals surface area contributed by atoms with Gasteiger partial charge >= 0.3 is 0 Å². The van der Waals surface area contributed by atoms with E-state index in [0.29, 0.717) is 30.2 Å². The summed E-state index contributed by atoms with van der Waals surface area (Å²) < 4.78 is 5.42. The van der Waals surface area contributed by atoms with E-state index in [0.717, 1.165) is 44.1 Å². The SMILES string of the molecule is CC(=O)NC1(c2noc(CCC(=O)N(C)Cc3cccc(C(N)=O)c3)n2)CCCCCC1. The van der Waals surface area contributed by atoms with Crippen molar-refractivity contribution in [3.63, 3.8) is 0 Å². The minimum atomic E-state index is -0.601. The summed E-state index contributed by atoms with van der Waals surface area (Å²) in [6.07, 6.45) is 6.29. The number of nitrogens with two attached hydrogens (primary N) is 1. The van der Waals surface area contributed by atoms with Gasteiger partial charge in [-0.1, -0.05) is 43.0 Å². The Labute approximate surface area is 187 Å². The van der Waals surface area contributed by atoms with Gasteiger partial charge in [0.2, 0.25) is 23.6 Å². The highest BCUT2D eigenvalue weighted by atomic mass is 16.5. The van der Waals surface area contributed by atoms with E-state index < -0.39 is 11.4 Å². The lowest BCUT2D eigenvalue weighted by Gasteiger charge is -2.30. The predicted octanol–water partition coefficient (Wildman–Crippen LogP) is 2.45. The van der Waals surface area contributed by atoms with Crippen molar-refractivity contribution in [2.75, 3.05) is 7.05 Å². The van der Waals surface area contributed by atoms with Gasteiger partial charge in [-0.25, -0.2) is 0 Å². The molecule has 1 aromatic heterocycles. The molecule has 1 saturated carbocycles. The maximum Gasteiger partial charge on any atom is 0.248 e. The van der Waals surface area contributed by atoms with E-state index in [-0.39, 0.29) is 18.2 Å². The fourth-order valence-corrected chi connectivity index (χ4v) is 4.21. The summed E-state index contributed by atoms with van der Waals surface area (Å²) in [4.78, 5) is 41.9. The first-order valence-corrected chi connectivity index (χ1v) is 11.0. The molecular weight excluding hydrogens is 410 g/mol. The van der Waals surface area contributed by atoms with Crippen LogP contribution in [0.4, 0.5) is 0 Å². The molecule has 3 N–H and O–H groups in total. The highest BCUT2D eigenvalue weighted by Gasteiger charge is 2.38. The molecule has 1 aliphatic carbocycles. The molecule has 1 fully saturated rings. The summed E-state index contributed by atoms with van der Waals surface area (Å²) in [5.74, 6) is 0.176. The standard InChI is InChI=1S/C23H31N5O4/c1-16(29)26-23(12-5-3-4-6-13-23)22-25-19(32-27-22)10-11-20(30)28(2)15-17-8-7-9-18(14-17)21(24)31/h7-9,14H,3-6,10-13,15H2,1-2H3,(H2,24,31)(H,26,29). The van der Waals surface area contributed by atoms with Crippen molar-refractivity contribution in [2.45, 2.75) is 70.4 Å². The van der Waals surface area contributed by atoms with Gasteiger partial charge < -0.3 is 20.5 Å². The average molecular weight is 442 g/mol. The minimum absolute atomic E-state index is 0.0831. The number of nitrogens with one attached hydrogen (secondary N) is 1. The molecule has 32 heavy (non-hydrogen) atoms. The Bertz CT molecular complexity index is 963. The second kappa shape index (κ2) is 10.4. The molecule has 9 nitrogen and oxygen atoms in total. The Morgan fingerprint density at radius 3 is 2.56 bits per heavy atom. The Balaban J connectivity index is 1.61. The van der Waals surface area contributed by atoms with Crippen LogP contribution in [-0.4, -0.2) is 39.8 Å². The smallest absolute Gasteiger partial charge is 0.248 e. The lowest BCUT2D eigenvalue weighted by molar-refractivity contribution is -0.130. The van der Waals surface area contributed by atoms with Crippen LogP contribution in [0.2, 0.25) is 0 Å². The molecule has 1 aliphatic rings. The number of aryl methyl sites for hydroxylation is 1. The van der Waals surface area contributed by atoms with Crippen LogP contribution >= 0.6 is 0 Å². The van der Waals surface area contributed by atoms with Crippen LogP contribution in [-0.2, 0) is 28.1 Å². The second-order valence-electron chi connectivity index (χ2n) is 8.50. The Hall–Kier alpha value is -3.23. The van der Waals surface area contributed by atoms with E-state index in [1.807, 2.05) is 6.07 Å². The zero-order valence-electron chi connectivity index (χ0n) is 18.7. The van der Waals surface area contributed by atoms with Crippen LogP contribution in [0, 0.1) is 0 Å². The van der Waals surface area contributed by atoms with Gasteiger partial charge in [-0.15, -0.1) is 0 Å². The van der Waals surface area contributed by atoms with E-state index in [1.165, 1.54) is 6.92 Å². The number of hydrogen-bond acceptors (Lipinski definition) is 6. The predicted molar refractivity (Wildman–Crippen MR) is 117 cm³/mol. The molecule has 0 radical (unpaired) electrons. The fraction of sp³-hybridized carbons (Fsp3) is 0.522. The van der Waals surface area contributed by atoms with Crippen LogP contribution in [0.1, 0.15) is 79.5 Å². The van der Waals surface area contributed by atoms with Crippen molar-refractivity contribution in [1.82, 2.24) is 20.4 Å². The van der Waals surface area contributed by atoms with Crippen LogP contribution in [0.3, 0.4) is 0 Å². The van der Waals surface area contributed by atoms with Crippen LogP contribution in [0.5, 0.6) is 0 Å². The molecule has 0 unspecified atom stereocenters. The molecule has 0 spiro atoms. The summed E-state index contributed by atoms with van der Waals surface area (Å²) in [6.45, 7) is 1.86. The molecule has 1 aromatic carbocycles. The van der Waals surface area contributed by atoms with Crippen LogP contribution < -0.4 is 11.1 Å². The number of rotatable bonds is 8. The summed E-state index contributed by atoms with van der Waals surface area (Å²) >= 11 is 0. The number of amides is 3. The molecule has 0 aliphatic heterocycles. The number of nitrogens with zero attached hydrogens (tertiary/aromatic N) is 3. The summed E-state index contributed by atoms with van der Waals surface area (Å²) in [5.41, 5.74) is 5.95. The molecular formula is C23H31N5O4. The van der Waals surface area contributed by atoms with Crippen molar-refractivity contribution in [2.24, 2.45) is 5.73 Å². The van der Waals surface area contributed by atoms with Gasteiger partial charge in [-0.05, 0) is 30.5 Å². The number of carbonyl (C=O) groups is 3. The zero-order valence-corrected chi connectivity index (χ0v) is 18.7. The van der Waals surface area contributed by atoms with E-state index in [2.05, 4.69) is 15.5 Å². The quantitative estimate of drug-likeness (QED) is 0.605. The van der Waals surface area contributed by atoms with E-state index in [9.17, 15) is 14.4 Å². The van der Waals surface area contributed by atoms with E-state index in [4.69, 9.17) is 10.3 Å². The van der Waals surface area contributed by atoms with Gasteiger partial charge in [0, 0.05) is 38.9 Å². The monoisotopic (exact) mass is 441 g/mol. The first-order chi connectivity index (χ1) is 15.3. The van der Waals surface area contributed by atoms with Gasteiger partial charge in [0.1, 0.15) is 5.54 Å². The zero-order chi connectivity index (χ0) is 23.1. The lowest BCUT2D eigenvalue weighted by Crippen LogP contribution is -2.45. The Morgan fingerprint density at radius 1 is 1.19 bits per heavy atom. The molecule has 9 heteroatoms. The number of aromatic nitrogens is 2. The topological polar surface area (TPSA) is 131 Å². The Morgan fingerprint density at radius 2 is 1.91 bits per heavy atom. The van der Waals surface area contributed by atoms with Crippen molar-refractivity contribution >= 4 is 17.7 Å². The maximum absolute atomic E-state index is 12.6. The average Bonchev–Trinajstić information content (AvgIpc) is 3.12. The summed E-state index contributed by atoms with van der Waals surface area (Å²) in [5, 5.41) is 7.21. The van der Waals surface area contributed by atoms with Gasteiger partial charge in [-0.3, -0.25) is 14.4 Å². The third-order valence-corrected chi connectivity index (χ3v) is 5.88. The fourth-order valence-electron chi connectivity index (χ4n) is 4.21. The third kappa shape index (κ3) is 5.93. The normalized spacial score (nSPS) is 15.6. The van der Waals surface area contributed by atoms with E-state index >= 15 is 0 Å². The minimum Gasteiger partial charge on any atom is -0.366 e. The highest BCUT2D eigenvalue weighted by Crippen LogP contribution is 2.34. The van der Waals surface area contributed by atoms with Crippen molar-refractivity contribution < 1.29 is 18.9 Å². The molecule has 0 atom stereocenters. The first kappa shape index (κ1) is 23.4. The van der Waals surface area contributed by atoms with Crippen LogP contribution in [0.25, 0.3) is 0 Å². The molecule has 3 amide bonds. The number of benzene rings is 1. The number of primary amides is 1. The largest absolute Gasteiger partial charge is 0.366 e. The van der Waals surface area contributed by atoms with Crippen LogP contribution in [0.15, 0.2) is 28.8 Å². The molecule has 3 rings (SSSR count). The molecule has 172 valence electrons.